The predicted octanol–water partition coefficient (Wildman–Crippen LogP) is 4.03. The normalized spacial score (nSPS) is 22.2. The van der Waals surface area contributed by atoms with E-state index in [-0.39, 0.29) is 11.6 Å². The van der Waals surface area contributed by atoms with E-state index in [1.165, 1.54) is 11.1 Å². The molecular formula is C23H24N2O3. The minimum absolute atomic E-state index is 0.107. The lowest BCUT2D eigenvalue weighted by Crippen LogP contribution is -2.32. The number of carboxylic acid groups (broad SMARTS) is 1. The number of hydrogen-bond acceptors (Lipinski definition) is 3. The van der Waals surface area contributed by atoms with E-state index in [4.69, 9.17) is 4.98 Å². The van der Waals surface area contributed by atoms with Crippen LogP contribution >= 0.6 is 0 Å². The van der Waals surface area contributed by atoms with Crippen molar-refractivity contribution in [3.63, 3.8) is 0 Å². The summed E-state index contributed by atoms with van der Waals surface area (Å²) in [6.07, 6.45) is 9.18. The number of aromatic nitrogens is 2. The van der Waals surface area contributed by atoms with Gasteiger partial charge in [0.2, 0.25) is 0 Å². The van der Waals surface area contributed by atoms with E-state index in [1.54, 1.807) is 16.7 Å². The van der Waals surface area contributed by atoms with Crippen molar-refractivity contribution in [3.05, 3.63) is 68.4 Å². The maximum absolute atomic E-state index is 13.2. The summed E-state index contributed by atoms with van der Waals surface area (Å²) in [5, 5.41) is 9.54. The van der Waals surface area contributed by atoms with Crippen LogP contribution in [0, 0.1) is 19.3 Å². The van der Waals surface area contributed by atoms with Crippen molar-refractivity contribution in [2.45, 2.75) is 46.1 Å². The molecule has 5 heteroatoms. The third kappa shape index (κ3) is 2.82. The maximum atomic E-state index is 13.2. The first-order chi connectivity index (χ1) is 13.4. The Kier molecular flexibility index (Phi) is 4.33. The SMILES string of the molecule is CCCc1c(/C=C/c2ccc(C)cc2C)nc2n(c1=O)C1CC1(C(=O)O)C=C2. The molecule has 5 nitrogen and oxygen atoms in total. The molecule has 0 spiro atoms. The molecule has 28 heavy (non-hydrogen) atoms. The van der Waals surface area contributed by atoms with Gasteiger partial charge in [0.1, 0.15) is 11.2 Å². The highest BCUT2D eigenvalue weighted by molar-refractivity contribution is 5.84. The molecule has 2 atom stereocenters. The van der Waals surface area contributed by atoms with Gasteiger partial charge in [-0.1, -0.05) is 49.3 Å². The molecule has 1 aliphatic heterocycles. The number of carboxylic acids is 1. The Hall–Kier alpha value is -2.95. The summed E-state index contributed by atoms with van der Waals surface area (Å²) in [7, 11) is 0. The zero-order valence-electron chi connectivity index (χ0n) is 16.4. The Balaban J connectivity index is 1.79. The summed E-state index contributed by atoms with van der Waals surface area (Å²) in [4.78, 5) is 29.6. The highest BCUT2D eigenvalue weighted by Gasteiger charge is 2.62. The van der Waals surface area contributed by atoms with Gasteiger partial charge >= 0.3 is 5.97 Å². The molecule has 1 N–H and O–H groups in total. The van der Waals surface area contributed by atoms with Crippen LogP contribution < -0.4 is 5.56 Å². The first-order valence-electron chi connectivity index (χ1n) is 9.71. The first-order valence-corrected chi connectivity index (χ1v) is 9.71. The fourth-order valence-electron chi connectivity index (χ4n) is 4.11. The lowest BCUT2D eigenvalue weighted by atomic mass is 10.0. The Morgan fingerprint density at radius 1 is 1.36 bits per heavy atom. The summed E-state index contributed by atoms with van der Waals surface area (Å²) in [5.41, 5.74) is 3.77. The van der Waals surface area contributed by atoms with Gasteiger partial charge in [0.25, 0.3) is 5.56 Å². The number of aliphatic carboxylic acids is 1. The summed E-state index contributed by atoms with van der Waals surface area (Å²) < 4.78 is 1.59. The molecule has 0 radical (unpaired) electrons. The van der Waals surface area contributed by atoms with Crippen LogP contribution in [-0.4, -0.2) is 20.6 Å². The van der Waals surface area contributed by atoms with Crippen molar-refractivity contribution in [2.75, 3.05) is 0 Å². The second-order valence-corrected chi connectivity index (χ2v) is 7.85. The number of carbonyl (C=O) groups is 1. The van der Waals surface area contributed by atoms with Crippen molar-refractivity contribution in [1.29, 1.82) is 0 Å². The Morgan fingerprint density at radius 2 is 2.14 bits per heavy atom. The summed E-state index contributed by atoms with van der Waals surface area (Å²) in [6.45, 7) is 6.16. The van der Waals surface area contributed by atoms with E-state index in [9.17, 15) is 14.7 Å². The van der Waals surface area contributed by atoms with Gasteiger partial charge in [-0.25, -0.2) is 4.98 Å². The van der Waals surface area contributed by atoms with E-state index < -0.39 is 11.4 Å². The van der Waals surface area contributed by atoms with Crippen molar-refractivity contribution in [1.82, 2.24) is 9.55 Å². The Bertz CT molecular complexity index is 1090. The van der Waals surface area contributed by atoms with E-state index in [1.807, 2.05) is 19.1 Å². The van der Waals surface area contributed by atoms with Gasteiger partial charge in [-0.05, 0) is 50.0 Å². The molecule has 0 bridgehead atoms. The fourth-order valence-corrected chi connectivity index (χ4v) is 4.11. The highest BCUT2D eigenvalue weighted by Crippen LogP contribution is 2.59. The second kappa shape index (κ2) is 6.59. The molecule has 0 saturated heterocycles. The number of rotatable bonds is 5. The number of nitrogens with zero attached hydrogens (tertiary/aromatic N) is 2. The van der Waals surface area contributed by atoms with E-state index in [0.717, 1.165) is 12.0 Å². The highest BCUT2D eigenvalue weighted by atomic mass is 16.4. The van der Waals surface area contributed by atoms with Crippen LogP contribution in [-0.2, 0) is 11.2 Å². The molecule has 2 heterocycles. The number of aryl methyl sites for hydroxylation is 2. The van der Waals surface area contributed by atoms with Crippen LogP contribution in [0.25, 0.3) is 18.2 Å². The van der Waals surface area contributed by atoms with Crippen LogP contribution in [0.5, 0.6) is 0 Å². The lowest BCUT2D eigenvalue weighted by Gasteiger charge is -2.19. The molecule has 2 unspecified atom stereocenters. The third-order valence-electron chi connectivity index (χ3n) is 5.82. The van der Waals surface area contributed by atoms with E-state index >= 15 is 0 Å². The zero-order valence-corrected chi connectivity index (χ0v) is 16.4. The molecule has 1 aromatic carbocycles. The second-order valence-electron chi connectivity index (χ2n) is 7.85. The van der Waals surface area contributed by atoms with Crippen molar-refractivity contribution in [3.8, 4) is 0 Å². The summed E-state index contributed by atoms with van der Waals surface area (Å²) in [5.74, 6) is -0.327. The molecule has 2 aromatic rings. The monoisotopic (exact) mass is 376 g/mol. The number of hydrogen-bond donors (Lipinski definition) is 1. The quantitative estimate of drug-likeness (QED) is 0.855. The molecule has 144 valence electrons. The van der Waals surface area contributed by atoms with Crippen LogP contribution in [0.4, 0.5) is 0 Å². The van der Waals surface area contributed by atoms with Gasteiger partial charge in [0.05, 0.1) is 11.7 Å². The van der Waals surface area contributed by atoms with E-state index in [2.05, 4.69) is 32.0 Å². The molecule has 1 aromatic heterocycles. The minimum atomic E-state index is -0.932. The van der Waals surface area contributed by atoms with Gasteiger partial charge in [0.15, 0.2) is 0 Å². The maximum Gasteiger partial charge on any atom is 0.315 e. The zero-order chi connectivity index (χ0) is 20.1. The van der Waals surface area contributed by atoms with Crippen LogP contribution in [0.3, 0.4) is 0 Å². The molecule has 1 saturated carbocycles. The molecule has 0 amide bonds. The summed E-state index contributed by atoms with van der Waals surface area (Å²) in [6, 6.07) is 5.94. The van der Waals surface area contributed by atoms with Crippen molar-refractivity contribution in [2.24, 2.45) is 5.41 Å². The largest absolute Gasteiger partial charge is 0.481 e. The van der Waals surface area contributed by atoms with Crippen molar-refractivity contribution < 1.29 is 9.90 Å². The molecular weight excluding hydrogens is 352 g/mol. The third-order valence-corrected chi connectivity index (χ3v) is 5.82. The van der Waals surface area contributed by atoms with Gasteiger partial charge in [-0.2, -0.15) is 0 Å². The van der Waals surface area contributed by atoms with Gasteiger partial charge < -0.3 is 5.11 Å². The fraction of sp³-hybridized carbons (Fsp3) is 0.348. The molecule has 1 fully saturated rings. The topological polar surface area (TPSA) is 72.2 Å². The minimum Gasteiger partial charge on any atom is -0.481 e. The lowest BCUT2D eigenvalue weighted by molar-refractivity contribution is -0.141. The molecule has 1 aliphatic carbocycles. The van der Waals surface area contributed by atoms with Crippen LogP contribution in [0.2, 0.25) is 0 Å². The smallest absolute Gasteiger partial charge is 0.315 e. The van der Waals surface area contributed by atoms with Crippen LogP contribution in [0.1, 0.15) is 59.6 Å². The Morgan fingerprint density at radius 3 is 2.82 bits per heavy atom. The van der Waals surface area contributed by atoms with E-state index in [0.29, 0.717) is 29.9 Å². The average molecular weight is 376 g/mol. The van der Waals surface area contributed by atoms with Gasteiger partial charge in [0, 0.05) is 5.56 Å². The number of benzene rings is 1. The molecule has 4 rings (SSSR count). The standard InChI is InChI=1S/C23H24N2O3/c1-4-5-17-18(9-8-16-7-6-14(2)12-15(16)3)24-20-10-11-23(22(27)28)13-19(23)25(20)21(17)26/h6-12,19H,4-5,13H2,1-3H3,(H,27,28)/b9-8+. The predicted molar refractivity (Wildman–Crippen MR) is 110 cm³/mol. The van der Waals surface area contributed by atoms with Crippen molar-refractivity contribution >= 4 is 24.2 Å². The molecule has 2 aliphatic rings. The first kappa shape index (κ1) is 18.4. The van der Waals surface area contributed by atoms with Gasteiger partial charge in [-0.3, -0.25) is 14.2 Å². The summed E-state index contributed by atoms with van der Waals surface area (Å²) >= 11 is 0. The number of fused-ring (bicyclic) bond motifs is 3. The van der Waals surface area contributed by atoms with Crippen LogP contribution in [0.15, 0.2) is 29.1 Å². The average Bonchev–Trinajstić information content (AvgIpc) is 3.40. The van der Waals surface area contributed by atoms with Gasteiger partial charge in [-0.15, -0.1) is 0 Å². The Labute approximate surface area is 164 Å².